The maximum absolute atomic E-state index is 5.75. The second kappa shape index (κ2) is 4.51. The Kier molecular flexibility index (Phi) is 2.85. The van der Waals surface area contributed by atoms with E-state index in [4.69, 9.17) is 5.84 Å². The van der Waals surface area contributed by atoms with Crippen LogP contribution in [-0.4, -0.2) is 15.0 Å². The predicted octanol–water partition coefficient (Wildman–Crippen LogP) is 1.05. The summed E-state index contributed by atoms with van der Waals surface area (Å²) in [6.07, 6.45) is 4.01. The van der Waals surface area contributed by atoms with E-state index in [0.717, 1.165) is 18.5 Å². The predicted molar refractivity (Wildman–Crippen MR) is 68.6 cm³/mol. The Bertz CT molecular complexity index is 548. The maximum atomic E-state index is 5.75. The summed E-state index contributed by atoms with van der Waals surface area (Å²) in [7, 11) is 1.90. The van der Waals surface area contributed by atoms with Crippen LogP contribution in [0.5, 0.6) is 0 Å². The van der Waals surface area contributed by atoms with Gasteiger partial charge < -0.3 is 0 Å². The average Bonchev–Trinajstić information content (AvgIpc) is 2.99. The Labute approximate surface area is 106 Å². The Balaban J connectivity index is 1.98. The molecule has 2 unspecified atom stereocenters. The van der Waals surface area contributed by atoms with Gasteiger partial charge in [0.15, 0.2) is 0 Å². The summed E-state index contributed by atoms with van der Waals surface area (Å²) >= 11 is 0. The number of nitrogens with one attached hydrogen (secondary N) is 1. The monoisotopic (exact) mass is 243 g/mol. The van der Waals surface area contributed by atoms with Crippen molar-refractivity contribution in [2.45, 2.75) is 24.8 Å². The molecule has 3 N–H and O–H groups in total. The van der Waals surface area contributed by atoms with Crippen molar-refractivity contribution >= 4 is 0 Å². The van der Waals surface area contributed by atoms with Crippen molar-refractivity contribution in [1.82, 2.24) is 20.4 Å². The second-order valence-electron chi connectivity index (χ2n) is 4.77. The zero-order valence-corrected chi connectivity index (χ0v) is 10.4. The molecule has 0 saturated carbocycles. The van der Waals surface area contributed by atoms with Gasteiger partial charge in [-0.25, -0.2) is 0 Å². The minimum atomic E-state index is 0.0636. The third-order valence-electron chi connectivity index (χ3n) is 3.83. The van der Waals surface area contributed by atoms with Crippen LogP contribution >= 0.6 is 0 Å². The first-order valence-electron chi connectivity index (χ1n) is 6.19. The van der Waals surface area contributed by atoms with Gasteiger partial charge in [-0.15, -0.1) is 5.10 Å². The fraction of sp³-hybridized carbons (Fsp3) is 0.385. The molecule has 5 heteroatoms. The van der Waals surface area contributed by atoms with Crippen LogP contribution < -0.4 is 11.3 Å². The standard InChI is InChI=1S/C13H17N5/c1-18-12(8-15-17-18)13(16-14)11-7-6-9-4-2-3-5-10(9)11/h2-5,8,11,13,16H,6-7,14H2,1H3. The van der Waals surface area contributed by atoms with Crippen LogP contribution in [0.4, 0.5) is 0 Å². The number of nitrogens with two attached hydrogens (primary N) is 1. The molecule has 1 aromatic heterocycles. The molecule has 3 rings (SSSR count). The van der Waals surface area contributed by atoms with Crippen LogP contribution in [-0.2, 0) is 13.5 Å². The molecule has 0 fully saturated rings. The van der Waals surface area contributed by atoms with E-state index in [1.807, 2.05) is 7.05 Å². The van der Waals surface area contributed by atoms with Crippen molar-refractivity contribution < 1.29 is 0 Å². The number of hydrazine groups is 1. The number of rotatable bonds is 3. The Hall–Kier alpha value is -1.72. The van der Waals surface area contributed by atoms with E-state index in [1.54, 1.807) is 10.9 Å². The van der Waals surface area contributed by atoms with E-state index >= 15 is 0 Å². The molecule has 0 saturated heterocycles. The molecule has 2 aromatic rings. The van der Waals surface area contributed by atoms with Gasteiger partial charge in [0.2, 0.25) is 0 Å². The fourth-order valence-corrected chi connectivity index (χ4v) is 2.92. The Morgan fingerprint density at radius 3 is 3.00 bits per heavy atom. The van der Waals surface area contributed by atoms with Crippen molar-refractivity contribution in [3.05, 3.63) is 47.3 Å². The molecule has 0 aliphatic heterocycles. The molecule has 5 nitrogen and oxygen atoms in total. The van der Waals surface area contributed by atoms with Crippen molar-refractivity contribution in [2.75, 3.05) is 0 Å². The van der Waals surface area contributed by atoms with Gasteiger partial charge in [-0.2, -0.15) is 0 Å². The highest BCUT2D eigenvalue weighted by Gasteiger charge is 2.31. The highest BCUT2D eigenvalue weighted by Crippen LogP contribution is 2.40. The first kappa shape index (κ1) is 11.4. The molecular formula is C13H17N5. The number of nitrogens with zero attached hydrogens (tertiary/aromatic N) is 3. The largest absolute Gasteiger partial charge is 0.271 e. The fourth-order valence-electron chi connectivity index (χ4n) is 2.92. The van der Waals surface area contributed by atoms with Crippen LogP contribution in [0.2, 0.25) is 0 Å². The van der Waals surface area contributed by atoms with Crippen LogP contribution in [0.25, 0.3) is 0 Å². The van der Waals surface area contributed by atoms with Gasteiger partial charge in [-0.1, -0.05) is 29.5 Å². The molecule has 0 spiro atoms. The number of benzene rings is 1. The van der Waals surface area contributed by atoms with Gasteiger partial charge in [0, 0.05) is 13.0 Å². The molecule has 0 amide bonds. The lowest BCUT2D eigenvalue weighted by atomic mass is 9.91. The zero-order chi connectivity index (χ0) is 12.5. The van der Waals surface area contributed by atoms with Crippen LogP contribution in [0.3, 0.4) is 0 Å². The van der Waals surface area contributed by atoms with Crippen LogP contribution in [0.15, 0.2) is 30.5 Å². The summed E-state index contributed by atoms with van der Waals surface area (Å²) < 4.78 is 1.78. The summed E-state index contributed by atoms with van der Waals surface area (Å²) in [5, 5.41) is 7.92. The highest BCUT2D eigenvalue weighted by molar-refractivity contribution is 5.37. The van der Waals surface area contributed by atoms with Gasteiger partial charge in [-0.05, 0) is 24.0 Å². The summed E-state index contributed by atoms with van der Waals surface area (Å²) in [5.41, 5.74) is 6.77. The van der Waals surface area contributed by atoms with Gasteiger partial charge >= 0.3 is 0 Å². The summed E-state index contributed by atoms with van der Waals surface area (Å²) in [5.74, 6) is 6.14. The number of fused-ring (bicyclic) bond motifs is 1. The lowest BCUT2D eigenvalue weighted by Gasteiger charge is -2.23. The molecule has 2 atom stereocenters. The van der Waals surface area contributed by atoms with E-state index in [0.29, 0.717) is 5.92 Å². The van der Waals surface area contributed by atoms with Crippen molar-refractivity contribution in [2.24, 2.45) is 12.9 Å². The number of hydrogen-bond acceptors (Lipinski definition) is 4. The molecular weight excluding hydrogens is 226 g/mol. The summed E-state index contributed by atoms with van der Waals surface area (Å²) in [6.45, 7) is 0. The SMILES string of the molecule is Cn1nncc1C(NN)C1CCc2ccccc21. The third kappa shape index (κ3) is 1.72. The van der Waals surface area contributed by atoms with Gasteiger partial charge in [0.1, 0.15) is 0 Å². The summed E-state index contributed by atoms with van der Waals surface area (Å²) in [6, 6.07) is 8.64. The van der Waals surface area contributed by atoms with E-state index in [2.05, 4.69) is 40.0 Å². The molecule has 1 heterocycles. The number of aryl methyl sites for hydroxylation is 2. The summed E-state index contributed by atoms with van der Waals surface area (Å²) in [4.78, 5) is 0. The van der Waals surface area contributed by atoms with Gasteiger partial charge in [-0.3, -0.25) is 16.0 Å². The Morgan fingerprint density at radius 2 is 2.28 bits per heavy atom. The lowest BCUT2D eigenvalue weighted by molar-refractivity contribution is 0.426. The van der Waals surface area contributed by atoms with Crippen molar-refractivity contribution in [1.29, 1.82) is 0 Å². The first-order chi connectivity index (χ1) is 8.81. The normalized spacial score (nSPS) is 19.8. The first-order valence-corrected chi connectivity index (χ1v) is 6.19. The zero-order valence-electron chi connectivity index (χ0n) is 10.4. The number of aromatic nitrogens is 3. The molecule has 1 aliphatic rings. The van der Waals surface area contributed by atoms with E-state index in [-0.39, 0.29) is 6.04 Å². The molecule has 0 radical (unpaired) electrons. The van der Waals surface area contributed by atoms with Crippen molar-refractivity contribution in [3.63, 3.8) is 0 Å². The van der Waals surface area contributed by atoms with E-state index < -0.39 is 0 Å². The van der Waals surface area contributed by atoms with E-state index in [9.17, 15) is 0 Å². The molecule has 1 aliphatic carbocycles. The van der Waals surface area contributed by atoms with E-state index in [1.165, 1.54) is 11.1 Å². The topological polar surface area (TPSA) is 68.8 Å². The molecule has 94 valence electrons. The second-order valence-corrected chi connectivity index (χ2v) is 4.77. The third-order valence-corrected chi connectivity index (χ3v) is 3.83. The maximum Gasteiger partial charge on any atom is 0.0772 e. The number of hydrogen-bond donors (Lipinski definition) is 2. The molecule has 18 heavy (non-hydrogen) atoms. The van der Waals surface area contributed by atoms with Crippen LogP contribution in [0.1, 0.15) is 35.2 Å². The quantitative estimate of drug-likeness (QED) is 0.624. The Morgan fingerprint density at radius 1 is 1.44 bits per heavy atom. The highest BCUT2D eigenvalue weighted by atomic mass is 15.4. The average molecular weight is 243 g/mol. The van der Waals surface area contributed by atoms with Gasteiger partial charge in [0.25, 0.3) is 0 Å². The minimum Gasteiger partial charge on any atom is -0.271 e. The van der Waals surface area contributed by atoms with Crippen LogP contribution in [0, 0.1) is 0 Å². The lowest BCUT2D eigenvalue weighted by Crippen LogP contribution is -2.33. The molecule has 1 aromatic carbocycles. The van der Waals surface area contributed by atoms with Gasteiger partial charge in [0.05, 0.1) is 17.9 Å². The smallest absolute Gasteiger partial charge is 0.0772 e. The molecule has 0 bridgehead atoms. The minimum absolute atomic E-state index is 0.0636. The van der Waals surface area contributed by atoms with Crippen molar-refractivity contribution in [3.8, 4) is 0 Å².